The van der Waals surface area contributed by atoms with E-state index in [2.05, 4.69) is 20.2 Å². The van der Waals surface area contributed by atoms with Gasteiger partial charge in [0.25, 0.3) is 5.56 Å². The first-order chi connectivity index (χ1) is 12.7. The Kier molecular flexibility index (Phi) is 3.44. The third-order valence-corrected chi connectivity index (χ3v) is 5.55. The topological polar surface area (TPSA) is 95.9 Å². The first kappa shape index (κ1) is 15.4. The van der Waals surface area contributed by atoms with Crippen LogP contribution in [0.25, 0.3) is 27.3 Å². The third-order valence-electron chi connectivity index (χ3n) is 4.51. The molecule has 0 atom stereocenters. The van der Waals surface area contributed by atoms with Crippen LogP contribution < -0.4 is 15.8 Å². The number of benzene rings is 1. The fraction of sp³-hybridized carbons (Fsp3) is 0.235. The summed E-state index contributed by atoms with van der Waals surface area (Å²) in [6.07, 6.45) is 3.16. The highest BCUT2D eigenvalue weighted by Crippen LogP contribution is 2.33. The zero-order valence-corrected chi connectivity index (χ0v) is 14.5. The molecular formula is C17H15N5O3S. The summed E-state index contributed by atoms with van der Waals surface area (Å²) in [7, 11) is 0. The highest BCUT2D eigenvalue weighted by Gasteiger charge is 2.17. The number of aromatic hydroxyl groups is 1. The molecular weight excluding hydrogens is 354 g/mol. The average Bonchev–Trinajstić information content (AvgIpc) is 3.28. The number of phenols is 1. The Morgan fingerprint density at radius 2 is 2.08 bits per heavy atom. The summed E-state index contributed by atoms with van der Waals surface area (Å²) in [4.78, 5) is 24.0. The molecule has 0 unspecified atom stereocenters. The van der Waals surface area contributed by atoms with Gasteiger partial charge in [-0.2, -0.15) is 0 Å². The molecule has 1 fully saturated rings. The van der Waals surface area contributed by atoms with Crippen molar-refractivity contribution in [2.24, 2.45) is 0 Å². The summed E-state index contributed by atoms with van der Waals surface area (Å²) in [6, 6.07) is 4.59. The van der Waals surface area contributed by atoms with E-state index in [0.29, 0.717) is 27.3 Å². The average molecular weight is 369 g/mol. The van der Waals surface area contributed by atoms with Crippen LogP contribution in [0.4, 0.5) is 5.00 Å². The monoisotopic (exact) mass is 369 g/mol. The predicted octanol–water partition coefficient (Wildman–Crippen LogP) is 1.68. The summed E-state index contributed by atoms with van der Waals surface area (Å²) in [5, 5.41) is 14.6. The molecule has 0 radical (unpaired) electrons. The van der Waals surface area contributed by atoms with Crippen LogP contribution in [0.15, 0.2) is 40.0 Å². The SMILES string of the molecule is O=c1cc(-c2cc3ocnc3cc2O)nc2sc(N3CCNCC3)cn12. The van der Waals surface area contributed by atoms with Gasteiger partial charge in [0, 0.05) is 50.1 Å². The minimum Gasteiger partial charge on any atom is -0.507 e. The molecule has 9 heteroatoms. The van der Waals surface area contributed by atoms with Crippen molar-refractivity contribution >= 4 is 32.4 Å². The maximum Gasteiger partial charge on any atom is 0.259 e. The largest absolute Gasteiger partial charge is 0.507 e. The van der Waals surface area contributed by atoms with Gasteiger partial charge < -0.3 is 19.7 Å². The van der Waals surface area contributed by atoms with E-state index in [1.54, 1.807) is 10.5 Å². The van der Waals surface area contributed by atoms with E-state index in [4.69, 9.17) is 4.42 Å². The fourth-order valence-electron chi connectivity index (χ4n) is 3.16. The third kappa shape index (κ3) is 2.44. The van der Waals surface area contributed by atoms with Crippen molar-refractivity contribution in [2.45, 2.75) is 0 Å². The smallest absolute Gasteiger partial charge is 0.259 e. The maximum absolute atomic E-state index is 12.6. The van der Waals surface area contributed by atoms with E-state index in [0.717, 1.165) is 31.2 Å². The molecule has 0 saturated carbocycles. The Bertz CT molecular complexity index is 1170. The number of thiazole rings is 1. The standard InChI is InChI=1S/C17H15N5O3S/c23-13-6-12-14(25-9-19-12)5-10(13)11-7-15(24)22-8-16(26-17(22)20-11)21-3-1-18-2-4-21/h5-9,18,23H,1-4H2. The second kappa shape index (κ2) is 5.82. The van der Waals surface area contributed by atoms with Gasteiger partial charge in [0.1, 0.15) is 16.3 Å². The maximum atomic E-state index is 12.6. The van der Waals surface area contributed by atoms with Crippen LogP contribution in [0.5, 0.6) is 5.75 Å². The van der Waals surface area contributed by atoms with E-state index in [9.17, 15) is 9.90 Å². The van der Waals surface area contributed by atoms with Gasteiger partial charge in [0.15, 0.2) is 16.9 Å². The van der Waals surface area contributed by atoms with Gasteiger partial charge in [-0.05, 0) is 6.07 Å². The van der Waals surface area contributed by atoms with Crippen molar-refractivity contribution in [1.29, 1.82) is 0 Å². The molecule has 1 aliphatic heterocycles. The number of piperazine rings is 1. The van der Waals surface area contributed by atoms with E-state index in [1.807, 2.05) is 6.20 Å². The Balaban J connectivity index is 1.64. The van der Waals surface area contributed by atoms with Crippen LogP contribution >= 0.6 is 11.3 Å². The van der Waals surface area contributed by atoms with Gasteiger partial charge in [0.2, 0.25) is 0 Å². The number of aromatic nitrogens is 3. The Hall–Kier alpha value is -2.91. The molecule has 0 amide bonds. The van der Waals surface area contributed by atoms with Crippen molar-refractivity contribution in [3.8, 4) is 17.0 Å². The van der Waals surface area contributed by atoms with Gasteiger partial charge >= 0.3 is 0 Å². The van der Waals surface area contributed by atoms with Crippen molar-refractivity contribution in [2.75, 3.05) is 31.1 Å². The summed E-state index contributed by atoms with van der Waals surface area (Å²) in [5.41, 5.74) is 1.78. The molecule has 0 aliphatic carbocycles. The predicted molar refractivity (Wildman–Crippen MR) is 99.1 cm³/mol. The summed E-state index contributed by atoms with van der Waals surface area (Å²) in [5.74, 6) is 0.0153. The highest BCUT2D eigenvalue weighted by atomic mass is 32.1. The zero-order chi connectivity index (χ0) is 17.7. The number of nitrogens with zero attached hydrogens (tertiary/aromatic N) is 4. The second-order valence-electron chi connectivity index (χ2n) is 6.13. The van der Waals surface area contributed by atoms with Gasteiger partial charge in [-0.15, -0.1) is 0 Å². The van der Waals surface area contributed by atoms with Crippen LogP contribution in [0.2, 0.25) is 0 Å². The molecule has 1 aromatic carbocycles. The van der Waals surface area contributed by atoms with E-state index in [1.165, 1.54) is 29.9 Å². The Morgan fingerprint density at radius 3 is 2.92 bits per heavy atom. The molecule has 5 rings (SSSR count). The summed E-state index contributed by atoms with van der Waals surface area (Å²) in [6.45, 7) is 3.65. The molecule has 1 aliphatic rings. The molecule has 8 nitrogen and oxygen atoms in total. The van der Waals surface area contributed by atoms with Crippen LogP contribution in [-0.2, 0) is 0 Å². The van der Waals surface area contributed by atoms with Gasteiger partial charge in [-0.3, -0.25) is 9.20 Å². The first-order valence-corrected chi connectivity index (χ1v) is 9.06. The van der Waals surface area contributed by atoms with Gasteiger partial charge in [-0.1, -0.05) is 11.3 Å². The molecule has 0 spiro atoms. The number of rotatable bonds is 2. The lowest BCUT2D eigenvalue weighted by Crippen LogP contribution is -2.43. The number of fused-ring (bicyclic) bond motifs is 2. The lowest BCUT2D eigenvalue weighted by Gasteiger charge is -2.27. The second-order valence-corrected chi connectivity index (χ2v) is 7.12. The number of phenolic OH excluding ortho intramolecular Hbond substituents is 1. The normalized spacial score (nSPS) is 15.2. The number of hydrogen-bond donors (Lipinski definition) is 2. The number of anilines is 1. The summed E-state index contributed by atoms with van der Waals surface area (Å²) >= 11 is 1.47. The molecule has 2 N–H and O–H groups in total. The first-order valence-electron chi connectivity index (χ1n) is 8.24. The number of hydrogen-bond acceptors (Lipinski definition) is 8. The minimum atomic E-state index is -0.181. The van der Waals surface area contributed by atoms with Crippen LogP contribution in [0, 0.1) is 0 Å². The van der Waals surface area contributed by atoms with Crippen LogP contribution in [0.1, 0.15) is 0 Å². The van der Waals surface area contributed by atoms with E-state index < -0.39 is 0 Å². The highest BCUT2D eigenvalue weighted by molar-refractivity contribution is 7.20. The van der Waals surface area contributed by atoms with Gasteiger partial charge in [0.05, 0.1) is 5.69 Å². The van der Waals surface area contributed by atoms with E-state index in [-0.39, 0.29) is 11.3 Å². The molecule has 132 valence electrons. The molecule has 3 aromatic heterocycles. The van der Waals surface area contributed by atoms with Crippen molar-refractivity contribution in [3.63, 3.8) is 0 Å². The Labute approximate surface area is 151 Å². The molecule has 4 heterocycles. The molecule has 0 bridgehead atoms. The number of oxazole rings is 1. The zero-order valence-electron chi connectivity index (χ0n) is 13.7. The van der Waals surface area contributed by atoms with Crippen LogP contribution in [-0.4, -0.2) is 45.7 Å². The van der Waals surface area contributed by atoms with Gasteiger partial charge in [-0.25, -0.2) is 9.97 Å². The minimum absolute atomic E-state index is 0.0153. The quantitative estimate of drug-likeness (QED) is 0.555. The Morgan fingerprint density at radius 1 is 1.23 bits per heavy atom. The van der Waals surface area contributed by atoms with E-state index >= 15 is 0 Å². The van der Waals surface area contributed by atoms with Crippen molar-refractivity contribution < 1.29 is 9.52 Å². The van der Waals surface area contributed by atoms with Crippen molar-refractivity contribution in [1.82, 2.24) is 19.7 Å². The summed E-state index contributed by atoms with van der Waals surface area (Å²) < 4.78 is 6.84. The fourth-order valence-corrected chi connectivity index (χ4v) is 4.20. The van der Waals surface area contributed by atoms with Crippen molar-refractivity contribution in [3.05, 3.63) is 41.1 Å². The molecule has 4 aromatic rings. The number of nitrogens with one attached hydrogen (secondary N) is 1. The lowest BCUT2D eigenvalue weighted by atomic mass is 10.1. The lowest BCUT2D eigenvalue weighted by molar-refractivity contribution is 0.477. The van der Waals surface area contributed by atoms with Crippen LogP contribution in [0.3, 0.4) is 0 Å². The molecule has 26 heavy (non-hydrogen) atoms. The molecule has 1 saturated heterocycles.